The second-order valence-corrected chi connectivity index (χ2v) is 10.5. The van der Waals surface area contributed by atoms with Gasteiger partial charge < -0.3 is 19.7 Å². The highest BCUT2D eigenvalue weighted by Gasteiger charge is 2.17. The summed E-state index contributed by atoms with van der Waals surface area (Å²) < 4.78 is 23.4. The number of aromatic nitrogens is 3. The molecule has 2 aromatic heterocycles. The third-order valence-electron chi connectivity index (χ3n) is 5.53. The number of nitrogens with one attached hydrogen (secondary N) is 1. The number of carbonyl (C=O) groups excluding carboxylic acids is 1. The number of carbonyl (C=O) groups is 1. The number of halogens is 1. The molecule has 0 aliphatic carbocycles. The summed E-state index contributed by atoms with van der Waals surface area (Å²) in [6.07, 6.45) is 4.36. The molecular formula is C27H28ClN5O4S. The van der Waals surface area contributed by atoms with Gasteiger partial charge in [0.1, 0.15) is 42.1 Å². The number of rotatable bonds is 11. The Bertz CT molecular complexity index is 1430. The van der Waals surface area contributed by atoms with Crippen molar-refractivity contribution in [2.75, 3.05) is 30.9 Å². The predicted octanol–water partition coefficient (Wildman–Crippen LogP) is 4.61. The van der Waals surface area contributed by atoms with E-state index in [0.29, 0.717) is 52.1 Å². The van der Waals surface area contributed by atoms with Gasteiger partial charge in [-0.25, -0.2) is 9.97 Å². The van der Waals surface area contributed by atoms with Crippen molar-refractivity contribution in [3.63, 3.8) is 0 Å². The predicted molar refractivity (Wildman–Crippen MR) is 150 cm³/mol. The first-order valence-corrected chi connectivity index (χ1v) is 13.9. The molecule has 1 unspecified atom stereocenters. The van der Waals surface area contributed by atoms with E-state index in [1.54, 1.807) is 25.4 Å². The summed E-state index contributed by atoms with van der Waals surface area (Å²) in [5.41, 5.74) is 2.20. The van der Waals surface area contributed by atoms with Gasteiger partial charge >= 0.3 is 0 Å². The maximum Gasteiger partial charge on any atom is 0.235 e. The highest BCUT2D eigenvalue weighted by Crippen LogP contribution is 2.34. The van der Waals surface area contributed by atoms with Crippen LogP contribution in [0.25, 0.3) is 10.9 Å². The van der Waals surface area contributed by atoms with Gasteiger partial charge in [-0.05, 0) is 49.4 Å². The summed E-state index contributed by atoms with van der Waals surface area (Å²) in [7, 11) is 0.468. The lowest BCUT2D eigenvalue weighted by Crippen LogP contribution is -2.37. The van der Waals surface area contributed by atoms with E-state index in [-0.39, 0.29) is 17.8 Å². The highest BCUT2D eigenvalue weighted by atomic mass is 35.5. The van der Waals surface area contributed by atoms with Crippen LogP contribution in [0.4, 0.5) is 11.5 Å². The summed E-state index contributed by atoms with van der Waals surface area (Å²) in [4.78, 5) is 26.8. The lowest BCUT2D eigenvalue weighted by molar-refractivity contribution is -0.128. The Morgan fingerprint density at radius 2 is 1.95 bits per heavy atom. The Morgan fingerprint density at radius 1 is 1.11 bits per heavy atom. The third-order valence-corrected chi connectivity index (χ3v) is 6.48. The zero-order valence-electron chi connectivity index (χ0n) is 21.3. The van der Waals surface area contributed by atoms with Crippen molar-refractivity contribution in [1.29, 1.82) is 0 Å². The summed E-state index contributed by atoms with van der Waals surface area (Å²) in [6, 6.07) is 16.6. The molecule has 2 atom stereocenters. The molecule has 198 valence electrons. The molecule has 0 aliphatic heterocycles. The monoisotopic (exact) mass is 553 g/mol. The van der Waals surface area contributed by atoms with Crippen molar-refractivity contribution in [2.24, 2.45) is 0 Å². The molecule has 0 spiro atoms. The molecule has 4 rings (SSSR count). The number of anilines is 2. The van der Waals surface area contributed by atoms with Crippen LogP contribution in [-0.4, -0.2) is 61.7 Å². The van der Waals surface area contributed by atoms with E-state index < -0.39 is 10.8 Å². The molecule has 2 aromatic carbocycles. The molecule has 4 aromatic rings. The Hall–Kier alpha value is -3.76. The fourth-order valence-electron chi connectivity index (χ4n) is 3.76. The van der Waals surface area contributed by atoms with Gasteiger partial charge in [-0.3, -0.25) is 14.0 Å². The van der Waals surface area contributed by atoms with E-state index >= 15 is 0 Å². The van der Waals surface area contributed by atoms with Crippen molar-refractivity contribution in [2.45, 2.75) is 19.6 Å². The van der Waals surface area contributed by atoms with Crippen LogP contribution in [0.1, 0.15) is 12.6 Å². The van der Waals surface area contributed by atoms with Gasteiger partial charge in [-0.1, -0.05) is 23.7 Å². The molecule has 0 bridgehead atoms. The van der Waals surface area contributed by atoms with Crippen LogP contribution in [0.3, 0.4) is 0 Å². The number of ether oxygens (including phenoxy) is 2. The van der Waals surface area contributed by atoms with Crippen LogP contribution in [-0.2, 0) is 22.2 Å². The first-order chi connectivity index (χ1) is 18.3. The molecule has 0 saturated heterocycles. The normalized spacial score (nSPS) is 12.5. The van der Waals surface area contributed by atoms with Gasteiger partial charge in [0, 0.05) is 36.0 Å². The van der Waals surface area contributed by atoms with E-state index in [2.05, 4.69) is 20.3 Å². The SMILES string of the molecule is C[C@@H](CN(C)C(=O)CS(C)=O)Oc1cccc2ncnc(Nc3ccc(OCc4ccccn4)c(Cl)c3)c12. The number of amides is 1. The Morgan fingerprint density at radius 3 is 2.68 bits per heavy atom. The molecule has 0 aliphatic rings. The number of pyridine rings is 1. The maximum absolute atomic E-state index is 12.2. The van der Waals surface area contributed by atoms with E-state index in [0.717, 1.165) is 5.69 Å². The molecule has 9 nitrogen and oxygen atoms in total. The van der Waals surface area contributed by atoms with Crippen LogP contribution in [0, 0.1) is 0 Å². The number of likely N-dealkylation sites (N-methyl/N-ethyl adjacent to an activating group) is 1. The second kappa shape index (κ2) is 12.7. The molecule has 0 fully saturated rings. The summed E-state index contributed by atoms with van der Waals surface area (Å²) in [5, 5.41) is 4.43. The van der Waals surface area contributed by atoms with Gasteiger partial charge in [-0.15, -0.1) is 0 Å². The first kappa shape index (κ1) is 27.3. The van der Waals surface area contributed by atoms with Crippen LogP contribution >= 0.6 is 11.6 Å². The minimum atomic E-state index is -1.20. The number of hydrogen-bond acceptors (Lipinski definition) is 8. The van der Waals surface area contributed by atoms with Crippen molar-refractivity contribution in [1.82, 2.24) is 19.9 Å². The van der Waals surface area contributed by atoms with Crippen molar-refractivity contribution >= 4 is 50.7 Å². The zero-order chi connectivity index (χ0) is 27.1. The highest BCUT2D eigenvalue weighted by molar-refractivity contribution is 7.85. The fraction of sp³-hybridized carbons (Fsp3) is 0.259. The van der Waals surface area contributed by atoms with Gasteiger partial charge in [0.2, 0.25) is 5.91 Å². The molecule has 2 heterocycles. The molecule has 0 saturated carbocycles. The second-order valence-electron chi connectivity index (χ2n) is 8.67. The van der Waals surface area contributed by atoms with Crippen LogP contribution in [0.2, 0.25) is 5.02 Å². The fourth-order valence-corrected chi connectivity index (χ4v) is 4.57. The smallest absolute Gasteiger partial charge is 0.235 e. The number of benzene rings is 2. The molecule has 11 heteroatoms. The standard InChI is InChI=1S/C27H28ClN5O4S/c1-18(14-33(2)25(34)16-38(3)35)37-24-9-6-8-22-26(24)27(31-17-30-22)32-19-10-11-23(21(28)13-19)36-15-20-7-4-5-12-29-20/h4-13,17-18H,14-16H2,1-3H3,(H,30,31,32)/t18-,38?/m0/s1. The molecule has 1 N–H and O–H groups in total. The molecule has 1 amide bonds. The lowest BCUT2D eigenvalue weighted by atomic mass is 10.2. The Balaban J connectivity index is 1.50. The van der Waals surface area contributed by atoms with Gasteiger partial charge in [0.25, 0.3) is 0 Å². The number of fused-ring (bicyclic) bond motifs is 1. The minimum Gasteiger partial charge on any atom is -0.488 e. The van der Waals surface area contributed by atoms with Gasteiger partial charge in [0.05, 0.1) is 28.2 Å². The topological polar surface area (TPSA) is 107 Å². The largest absolute Gasteiger partial charge is 0.488 e. The summed E-state index contributed by atoms with van der Waals surface area (Å²) in [5.74, 6) is 1.43. The summed E-state index contributed by atoms with van der Waals surface area (Å²) >= 11 is 6.49. The van der Waals surface area contributed by atoms with Gasteiger partial charge in [-0.2, -0.15) is 0 Å². The molecule has 38 heavy (non-hydrogen) atoms. The number of hydrogen-bond donors (Lipinski definition) is 1. The van der Waals surface area contributed by atoms with Crippen molar-refractivity contribution in [3.8, 4) is 11.5 Å². The van der Waals surface area contributed by atoms with Crippen LogP contribution < -0.4 is 14.8 Å². The van der Waals surface area contributed by atoms with E-state index in [4.69, 9.17) is 21.1 Å². The Kier molecular flexibility index (Phi) is 9.09. The van der Waals surface area contributed by atoms with E-state index in [9.17, 15) is 9.00 Å². The summed E-state index contributed by atoms with van der Waals surface area (Å²) in [6.45, 7) is 2.50. The molecular weight excluding hydrogens is 526 g/mol. The minimum absolute atomic E-state index is 0.0189. The first-order valence-electron chi connectivity index (χ1n) is 11.8. The Labute approximate surface area is 228 Å². The maximum atomic E-state index is 12.2. The number of nitrogens with zero attached hydrogens (tertiary/aromatic N) is 4. The average Bonchev–Trinajstić information content (AvgIpc) is 2.88. The van der Waals surface area contributed by atoms with E-state index in [1.165, 1.54) is 17.5 Å². The molecule has 0 radical (unpaired) electrons. The lowest BCUT2D eigenvalue weighted by Gasteiger charge is -2.23. The average molecular weight is 554 g/mol. The zero-order valence-corrected chi connectivity index (χ0v) is 22.8. The van der Waals surface area contributed by atoms with Crippen molar-refractivity contribution < 1.29 is 18.5 Å². The van der Waals surface area contributed by atoms with Crippen molar-refractivity contribution in [3.05, 3.63) is 77.8 Å². The quantitative estimate of drug-likeness (QED) is 0.287. The van der Waals surface area contributed by atoms with Gasteiger partial charge in [0.15, 0.2) is 0 Å². The third kappa shape index (κ3) is 7.17. The van der Waals surface area contributed by atoms with Crippen LogP contribution in [0.5, 0.6) is 11.5 Å². The van der Waals surface area contributed by atoms with Crippen LogP contribution in [0.15, 0.2) is 67.1 Å². The van der Waals surface area contributed by atoms with E-state index in [1.807, 2.05) is 49.4 Å².